The van der Waals surface area contributed by atoms with Crippen LogP contribution >= 0.6 is 0 Å². The number of rotatable bonds is 3. The van der Waals surface area contributed by atoms with Crippen molar-refractivity contribution in [1.29, 1.82) is 0 Å². The molecule has 3 fully saturated rings. The molecule has 0 amide bonds. The number of hydrogen-bond donors (Lipinski definition) is 0. The summed E-state index contributed by atoms with van der Waals surface area (Å²) >= 11 is 0. The number of nitrogens with zero attached hydrogens (tertiary/aromatic N) is 1. The monoisotopic (exact) mass is 365 g/mol. The van der Waals surface area contributed by atoms with Crippen molar-refractivity contribution >= 4 is 19.9 Å². The fraction of sp³-hybridized carbons (Fsp3) is 1.00. The highest BCUT2D eigenvalue weighted by Crippen LogP contribution is 2.31. The summed E-state index contributed by atoms with van der Waals surface area (Å²) in [6.07, 6.45) is 6.40. The Balaban J connectivity index is 1.65. The van der Waals surface area contributed by atoms with Crippen molar-refractivity contribution in [2.24, 2.45) is 5.92 Å². The van der Waals surface area contributed by atoms with Gasteiger partial charge in [0.25, 0.3) is 0 Å². The molecule has 1 saturated carbocycles. The van der Waals surface area contributed by atoms with Crippen molar-refractivity contribution in [3.05, 3.63) is 0 Å². The summed E-state index contributed by atoms with van der Waals surface area (Å²) in [5.74, 6) is 0.453. The summed E-state index contributed by atoms with van der Waals surface area (Å²) in [5.41, 5.74) is 0. The standard InChI is InChI=1S/C15H27NO5S2/c17-22(18)10-6-14(7-11-22)23(19,20)16-8-9-21-15(12-16)13-4-2-1-3-5-13/h13-15H,1-12H2. The topological polar surface area (TPSA) is 80.8 Å². The third kappa shape index (κ3) is 4.08. The molecule has 0 bridgehead atoms. The zero-order valence-electron chi connectivity index (χ0n) is 13.5. The lowest BCUT2D eigenvalue weighted by Crippen LogP contribution is -2.52. The highest BCUT2D eigenvalue weighted by atomic mass is 32.2. The first-order valence-corrected chi connectivity index (χ1v) is 12.0. The number of sulfone groups is 1. The minimum absolute atomic E-state index is 0.00569. The Kier molecular flexibility index (Phi) is 5.35. The fourth-order valence-electron chi connectivity index (χ4n) is 4.05. The maximum atomic E-state index is 12.9. The molecule has 2 saturated heterocycles. The molecule has 0 aromatic carbocycles. The summed E-state index contributed by atoms with van der Waals surface area (Å²) in [4.78, 5) is 0. The van der Waals surface area contributed by atoms with Gasteiger partial charge in [-0.2, -0.15) is 4.31 Å². The molecule has 1 atom stereocenters. The maximum absolute atomic E-state index is 12.9. The van der Waals surface area contributed by atoms with Crippen LogP contribution in [0.1, 0.15) is 44.9 Å². The van der Waals surface area contributed by atoms with Crippen LogP contribution in [0.2, 0.25) is 0 Å². The smallest absolute Gasteiger partial charge is 0.217 e. The van der Waals surface area contributed by atoms with Crippen LogP contribution in [-0.2, 0) is 24.6 Å². The van der Waals surface area contributed by atoms with Crippen molar-refractivity contribution in [2.45, 2.75) is 56.3 Å². The molecule has 8 heteroatoms. The number of hydrogen-bond acceptors (Lipinski definition) is 5. The molecule has 23 heavy (non-hydrogen) atoms. The summed E-state index contributed by atoms with van der Waals surface area (Å²) < 4.78 is 56.2. The molecule has 0 spiro atoms. The second kappa shape index (κ2) is 6.98. The van der Waals surface area contributed by atoms with Gasteiger partial charge in [0.2, 0.25) is 10.0 Å². The lowest BCUT2D eigenvalue weighted by atomic mass is 9.85. The first-order valence-electron chi connectivity index (χ1n) is 8.69. The van der Waals surface area contributed by atoms with Crippen LogP contribution in [0.15, 0.2) is 0 Å². The van der Waals surface area contributed by atoms with Crippen LogP contribution < -0.4 is 0 Å². The average Bonchev–Trinajstić information content (AvgIpc) is 2.55. The van der Waals surface area contributed by atoms with Gasteiger partial charge in [-0.1, -0.05) is 19.3 Å². The Morgan fingerprint density at radius 1 is 0.957 bits per heavy atom. The highest BCUT2D eigenvalue weighted by molar-refractivity contribution is 7.92. The molecule has 3 rings (SSSR count). The highest BCUT2D eigenvalue weighted by Gasteiger charge is 2.40. The predicted molar refractivity (Wildman–Crippen MR) is 88.5 cm³/mol. The van der Waals surface area contributed by atoms with E-state index in [2.05, 4.69) is 0 Å². The SMILES string of the molecule is O=S1(=O)CCC(S(=O)(=O)N2CCOC(C3CCCCC3)C2)CC1. The van der Waals surface area contributed by atoms with Crippen molar-refractivity contribution in [3.63, 3.8) is 0 Å². The summed E-state index contributed by atoms with van der Waals surface area (Å²) in [6, 6.07) is 0. The summed E-state index contributed by atoms with van der Waals surface area (Å²) in [7, 11) is -6.46. The van der Waals surface area contributed by atoms with Crippen molar-refractivity contribution in [2.75, 3.05) is 31.2 Å². The van der Waals surface area contributed by atoms with Gasteiger partial charge >= 0.3 is 0 Å². The van der Waals surface area contributed by atoms with E-state index < -0.39 is 25.1 Å². The normalized spacial score (nSPS) is 31.9. The Labute approximate surface area is 139 Å². The molecule has 2 heterocycles. The Hall–Kier alpha value is -0.180. The second-order valence-corrected chi connectivity index (χ2v) is 11.6. The zero-order valence-corrected chi connectivity index (χ0v) is 15.2. The molecule has 0 aromatic heterocycles. The quantitative estimate of drug-likeness (QED) is 0.750. The van der Waals surface area contributed by atoms with Gasteiger partial charge in [-0.05, 0) is 31.6 Å². The van der Waals surface area contributed by atoms with Crippen LogP contribution in [0.4, 0.5) is 0 Å². The van der Waals surface area contributed by atoms with E-state index in [4.69, 9.17) is 4.74 Å². The van der Waals surface area contributed by atoms with Crippen LogP contribution in [0, 0.1) is 5.92 Å². The number of ether oxygens (including phenoxy) is 1. The van der Waals surface area contributed by atoms with Gasteiger partial charge in [-0.25, -0.2) is 16.8 Å². The third-order valence-electron chi connectivity index (χ3n) is 5.51. The van der Waals surface area contributed by atoms with E-state index in [1.165, 1.54) is 19.3 Å². The van der Waals surface area contributed by atoms with E-state index in [1.54, 1.807) is 4.31 Å². The van der Waals surface area contributed by atoms with Crippen molar-refractivity contribution in [1.82, 2.24) is 4.31 Å². The molecule has 1 unspecified atom stereocenters. The minimum Gasteiger partial charge on any atom is -0.375 e. The molecular weight excluding hydrogens is 338 g/mol. The van der Waals surface area contributed by atoms with Crippen LogP contribution in [-0.4, -0.2) is 63.7 Å². The van der Waals surface area contributed by atoms with E-state index in [0.717, 1.165) is 12.8 Å². The third-order valence-corrected chi connectivity index (χ3v) is 9.60. The Morgan fingerprint density at radius 3 is 2.26 bits per heavy atom. The first-order chi connectivity index (χ1) is 10.9. The Bertz CT molecular complexity index is 596. The average molecular weight is 366 g/mol. The van der Waals surface area contributed by atoms with Gasteiger partial charge in [0.15, 0.2) is 0 Å². The maximum Gasteiger partial charge on any atom is 0.217 e. The largest absolute Gasteiger partial charge is 0.375 e. The van der Waals surface area contributed by atoms with Gasteiger partial charge in [0.05, 0.1) is 29.5 Å². The van der Waals surface area contributed by atoms with E-state index in [0.29, 0.717) is 25.6 Å². The van der Waals surface area contributed by atoms with E-state index >= 15 is 0 Å². The lowest BCUT2D eigenvalue weighted by molar-refractivity contribution is -0.0433. The van der Waals surface area contributed by atoms with Gasteiger partial charge in [-0.3, -0.25) is 0 Å². The number of sulfonamides is 1. The Morgan fingerprint density at radius 2 is 1.61 bits per heavy atom. The van der Waals surface area contributed by atoms with E-state index in [-0.39, 0.29) is 30.5 Å². The molecule has 0 N–H and O–H groups in total. The fourth-order valence-corrected chi connectivity index (χ4v) is 7.78. The molecule has 2 aliphatic heterocycles. The predicted octanol–water partition coefficient (Wildman–Crippen LogP) is 1.17. The second-order valence-electron chi connectivity index (χ2n) is 7.06. The van der Waals surface area contributed by atoms with Crippen molar-refractivity contribution < 1.29 is 21.6 Å². The lowest BCUT2D eigenvalue weighted by Gasteiger charge is -2.39. The van der Waals surface area contributed by atoms with Crippen LogP contribution in [0.3, 0.4) is 0 Å². The molecule has 134 valence electrons. The van der Waals surface area contributed by atoms with E-state index in [9.17, 15) is 16.8 Å². The van der Waals surface area contributed by atoms with E-state index in [1.807, 2.05) is 0 Å². The van der Waals surface area contributed by atoms with Crippen LogP contribution in [0.5, 0.6) is 0 Å². The number of morpholine rings is 1. The van der Waals surface area contributed by atoms with Crippen molar-refractivity contribution in [3.8, 4) is 0 Å². The van der Waals surface area contributed by atoms with Gasteiger partial charge < -0.3 is 4.74 Å². The van der Waals surface area contributed by atoms with Crippen LogP contribution in [0.25, 0.3) is 0 Å². The van der Waals surface area contributed by atoms with Gasteiger partial charge in [0, 0.05) is 13.1 Å². The van der Waals surface area contributed by atoms with Gasteiger partial charge in [-0.15, -0.1) is 0 Å². The van der Waals surface area contributed by atoms with Gasteiger partial charge in [0.1, 0.15) is 9.84 Å². The molecule has 6 nitrogen and oxygen atoms in total. The zero-order chi connectivity index (χ0) is 16.5. The molecule has 3 aliphatic rings. The molecule has 0 aromatic rings. The summed E-state index contributed by atoms with van der Waals surface area (Å²) in [6.45, 7) is 1.29. The summed E-state index contributed by atoms with van der Waals surface area (Å²) in [5, 5.41) is -0.545. The molecular formula is C15H27NO5S2. The molecule has 0 radical (unpaired) electrons. The molecule has 1 aliphatic carbocycles. The minimum atomic E-state index is -3.42. The first kappa shape index (κ1) is 17.6.